The molecule has 0 radical (unpaired) electrons. The number of ether oxygens (including phenoxy) is 1. The SMILES string of the molecule is CC(=O)NCC1CN(c2cc(F)c(-c3ccc(C=NOC(=O)c4ccccc4)c(F)c3)c(F)c2)C(=O)O1. The van der Waals surface area contributed by atoms with Crippen molar-refractivity contribution in [1.29, 1.82) is 0 Å². The molecule has 3 aromatic carbocycles. The van der Waals surface area contributed by atoms with Gasteiger partial charge in [0.2, 0.25) is 5.91 Å². The van der Waals surface area contributed by atoms with E-state index in [-0.39, 0.29) is 41.4 Å². The quantitative estimate of drug-likeness (QED) is 0.288. The van der Waals surface area contributed by atoms with Crippen molar-refractivity contribution < 1.29 is 37.1 Å². The van der Waals surface area contributed by atoms with E-state index in [2.05, 4.69) is 10.5 Å². The van der Waals surface area contributed by atoms with Gasteiger partial charge in [-0.2, -0.15) is 0 Å². The number of nitrogens with one attached hydrogen (secondary N) is 1. The molecule has 1 aliphatic heterocycles. The van der Waals surface area contributed by atoms with E-state index in [9.17, 15) is 27.6 Å². The molecule has 0 spiro atoms. The number of hydrogen-bond donors (Lipinski definition) is 1. The lowest BCUT2D eigenvalue weighted by molar-refractivity contribution is -0.119. The van der Waals surface area contributed by atoms with Gasteiger partial charge in [0.15, 0.2) is 0 Å². The van der Waals surface area contributed by atoms with Crippen molar-refractivity contribution in [3.63, 3.8) is 0 Å². The maximum Gasteiger partial charge on any atom is 0.414 e. The second-order valence-corrected chi connectivity index (χ2v) is 8.05. The van der Waals surface area contributed by atoms with Gasteiger partial charge >= 0.3 is 12.1 Å². The summed E-state index contributed by atoms with van der Waals surface area (Å²) in [5.41, 5.74) is -0.491. The first-order chi connectivity index (χ1) is 17.7. The number of rotatable bonds is 7. The van der Waals surface area contributed by atoms with Crippen LogP contribution in [0, 0.1) is 17.5 Å². The molecule has 37 heavy (non-hydrogen) atoms. The molecule has 3 aromatic rings. The predicted octanol–water partition coefficient (Wildman–Crippen LogP) is 4.42. The summed E-state index contributed by atoms with van der Waals surface area (Å²) in [5.74, 6) is -3.95. The number of carbonyl (C=O) groups excluding carboxylic acids is 3. The molecular weight excluding hydrogens is 491 g/mol. The zero-order valence-corrected chi connectivity index (χ0v) is 19.4. The number of nitrogens with zero attached hydrogens (tertiary/aromatic N) is 2. The molecule has 1 heterocycles. The van der Waals surface area contributed by atoms with Crippen molar-refractivity contribution in [2.45, 2.75) is 13.0 Å². The lowest BCUT2D eigenvalue weighted by Gasteiger charge is -2.15. The Morgan fingerprint density at radius 1 is 1.08 bits per heavy atom. The van der Waals surface area contributed by atoms with E-state index in [0.717, 1.165) is 29.3 Å². The molecule has 0 aromatic heterocycles. The molecule has 1 fully saturated rings. The second-order valence-electron chi connectivity index (χ2n) is 8.05. The first-order valence-corrected chi connectivity index (χ1v) is 11.0. The van der Waals surface area contributed by atoms with Crippen molar-refractivity contribution in [1.82, 2.24) is 5.32 Å². The Bertz CT molecular complexity index is 1360. The summed E-state index contributed by atoms with van der Waals surface area (Å²) in [6, 6.07) is 13.4. The van der Waals surface area contributed by atoms with Crippen LogP contribution in [0.15, 0.2) is 65.8 Å². The Kier molecular flexibility index (Phi) is 7.52. The Morgan fingerprint density at radius 3 is 2.43 bits per heavy atom. The molecule has 11 heteroatoms. The minimum atomic E-state index is -1.02. The number of cyclic esters (lactones) is 1. The minimum absolute atomic E-state index is 0.0190. The molecule has 2 amide bonds. The number of carbonyl (C=O) groups is 3. The number of halogens is 3. The topological polar surface area (TPSA) is 97.3 Å². The van der Waals surface area contributed by atoms with E-state index in [4.69, 9.17) is 9.57 Å². The van der Waals surface area contributed by atoms with Crippen LogP contribution in [0.1, 0.15) is 22.8 Å². The summed E-state index contributed by atoms with van der Waals surface area (Å²) in [7, 11) is 0. The molecule has 190 valence electrons. The molecule has 4 rings (SSSR count). The third-order valence-corrected chi connectivity index (χ3v) is 5.42. The average molecular weight is 511 g/mol. The highest BCUT2D eigenvalue weighted by molar-refractivity contribution is 5.91. The fourth-order valence-electron chi connectivity index (χ4n) is 3.63. The third kappa shape index (κ3) is 5.95. The first-order valence-electron chi connectivity index (χ1n) is 11.0. The van der Waals surface area contributed by atoms with E-state index < -0.39 is 41.2 Å². The lowest BCUT2D eigenvalue weighted by Crippen LogP contribution is -2.33. The van der Waals surface area contributed by atoms with Crippen molar-refractivity contribution in [3.8, 4) is 11.1 Å². The van der Waals surface area contributed by atoms with E-state index in [1.807, 2.05) is 0 Å². The van der Waals surface area contributed by atoms with E-state index in [1.54, 1.807) is 18.2 Å². The number of anilines is 1. The molecule has 0 bridgehead atoms. The number of hydrogen-bond acceptors (Lipinski definition) is 6. The van der Waals surface area contributed by atoms with Gasteiger partial charge in [0.05, 0.1) is 36.1 Å². The van der Waals surface area contributed by atoms with Gasteiger partial charge in [-0.1, -0.05) is 29.4 Å². The van der Waals surface area contributed by atoms with Gasteiger partial charge in [-0.15, -0.1) is 0 Å². The Morgan fingerprint density at radius 2 is 1.78 bits per heavy atom. The van der Waals surface area contributed by atoms with Crippen LogP contribution >= 0.6 is 0 Å². The van der Waals surface area contributed by atoms with Gasteiger partial charge in [0.1, 0.15) is 23.6 Å². The van der Waals surface area contributed by atoms with E-state index in [0.29, 0.717) is 0 Å². The smallest absolute Gasteiger partial charge is 0.414 e. The Labute approximate surface area is 209 Å². The van der Waals surface area contributed by atoms with Crippen molar-refractivity contribution >= 4 is 29.9 Å². The highest BCUT2D eigenvalue weighted by Gasteiger charge is 2.33. The molecule has 1 atom stereocenters. The Balaban J connectivity index is 1.48. The fourth-order valence-corrected chi connectivity index (χ4v) is 3.63. The van der Waals surface area contributed by atoms with Crippen molar-refractivity contribution in [3.05, 3.63) is 89.2 Å². The van der Waals surface area contributed by atoms with E-state index in [1.165, 1.54) is 31.2 Å². The number of amides is 2. The largest absolute Gasteiger partial charge is 0.442 e. The molecule has 8 nitrogen and oxygen atoms in total. The summed E-state index contributed by atoms with van der Waals surface area (Å²) in [6.07, 6.45) is -0.534. The van der Waals surface area contributed by atoms with Gasteiger partial charge in [0.25, 0.3) is 0 Å². The maximum atomic E-state index is 14.9. The highest BCUT2D eigenvalue weighted by atomic mass is 19.1. The third-order valence-electron chi connectivity index (χ3n) is 5.42. The summed E-state index contributed by atoms with van der Waals surface area (Å²) in [4.78, 5) is 40.9. The number of benzene rings is 3. The van der Waals surface area contributed by atoms with Crippen LogP contribution in [0.25, 0.3) is 11.1 Å². The van der Waals surface area contributed by atoms with Crippen molar-refractivity contribution in [2.75, 3.05) is 18.0 Å². The molecule has 1 unspecified atom stereocenters. The molecule has 1 saturated heterocycles. The van der Waals surface area contributed by atoms with E-state index >= 15 is 0 Å². The zero-order chi connectivity index (χ0) is 26.5. The highest BCUT2D eigenvalue weighted by Crippen LogP contribution is 2.32. The zero-order valence-electron chi connectivity index (χ0n) is 19.4. The molecule has 1 N–H and O–H groups in total. The van der Waals surface area contributed by atoms with Gasteiger partial charge < -0.3 is 14.9 Å². The Hall–Kier alpha value is -4.67. The maximum absolute atomic E-state index is 14.9. The average Bonchev–Trinajstić information content (AvgIpc) is 3.24. The summed E-state index contributed by atoms with van der Waals surface area (Å²) >= 11 is 0. The van der Waals surface area contributed by atoms with Gasteiger partial charge in [-0.3, -0.25) is 9.69 Å². The van der Waals surface area contributed by atoms with Crippen molar-refractivity contribution in [2.24, 2.45) is 5.16 Å². The summed E-state index contributed by atoms with van der Waals surface area (Å²) < 4.78 is 49.6. The second kappa shape index (κ2) is 10.9. The van der Waals surface area contributed by atoms with Gasteiger partial charge in [-0.25, -0.2) is 22.8 Å². The minimum Gasteiger partial charge on any atom is -0.442 e. The fraction of sp³-hybridized carbons (Fsp3) is 0.154. The van der Waals surface area contributed by atoms with Crippen LogP contribution in [0.2, 0.25) is 0 Å². The van der Waals surface area contributed by atoms with Crippen LogP contribution in [0.3, 0.4) is 0 Å². The molecule has 1 aliphatic rings. The monoisotopic (exact) mass is 511 g/mol. The lowest BCUT2D eigenvalue weighted by atomic mass is 10.0. The van der Waals surface area contributed by atoms with Crippen LogP contribution in [-0.2, 0) is 14.4 Å². The predicted molar refractivity (Wildman–Crippen MR) is 128 cm³/mol. The van der Waals surface area contributed by atoms with Gasteiger partial charge in [0, 0.05) is 12.5 Å². The van der Waals surface area contributed by atoms with Gasteiger partial charge in [-0.05, 0) is 42.0 Å². The molecule has 0 saturated carbocycles. The molecule has 0 aliphatic carbocycles. The standard InChI is InChI=1S/C26H20F3N3O5/c1-15(33)30-13-20-14-32(26(35)36-20)19-10-22(28)24(23(29)11-19)17-7-8-18(21(27)9-17)12-31-37-25(34)16-5-3-2-4-6-16/h2-12,20H,13-14H2,1H3,(H,30,33). The molecular formula is C26H20F3N3O5. The van der Waals surface area contributed by atoms with Crippen LogP contribution < -0.4 is 10.2 Å². The van der Waals surface area contributed by atoms with Crippen LogP contribution in [-0.4, -0.2) is 43.4 Å². The normalized spacial score (nSPS) is 15.1. The van der Waals surface area contributed by atoms with Crippen LogP contribution in [0.5, 0.6) is 0 Å². The summed E-state index contributed by atoms with van der Waals surface area (Å²) in [6.45, 7) is 1.34. The summed E-state index contributed by atoms with van der Waals surface area (Å²) in [5, 5.41) is 5.98. The number of oxime groups is 1. The first kappa shape index (κ1) is 25.4. The van der Waals surface area contributed by atoms with Crippen LogP contribution in [0.4, 0.5) is 23.7 Å².